The molecule has 1 aromatic carbocycles. The number of hydrogen-bond donors (Lipinski definition) is 1. The summed E-state index contributed by atoms with van der Waals surface area (Å²) in [5.41, 5.74) is 7.36. The normalized spacial score (nSPS) is 10.4. The Balaban J connectivity index is 2.27. The number of aryl methyl sites for hydroxylation is 1. The van der Waals surface area contributed by atoms with Crippen molar-refractivity contribution >= 4 is 15.9 Å². The van der Waals surface area contributed by atoms with E-state index in [9.17, 15) is 4.39 Å². The van der Waals surface area contributed by atoms with Gasteiger partial charge in [-0.3, -0.25) is 0 Å². The lowest BCUT2D eigenvalue weighted by Crippen LogP contribution is -1.99. The Labute approximate surface area is 113 Å². The Bertz CT molecular complexity index is 575. The Kier molecular flexibility index (Phi) is 3.93. The van der Waals surface area contributed by atoms with Crippen LogP contribution in [-0.2, 0) is 6.54 Å². The van der Waals surface area contributed by atoms with Crippen LogP contribution in [0.1, 0.15) is 11.3 Å². The molecule has 0 fully saturated rings. The molecule has 0 aliphatic heterocycles. The fourth-order valence-electron chi connectivity index (χ4n) is 1.54. The van der Waals surface area contributed by atoms with Gasteiger partial charge in [0.2, 0.25) is 5.88 Å². The maximum absolute atomic E-state index is 13.1. The predicted molar refractivity (Wildman–Crippen MR) is 71.0 cm³/mol. The monoisotopic (exact) mass is 310 g/mol. The molecule has 0 aliphatic carbocycles. The molecular weight excluding hydrogens is 299 g/mol. The van der Waals surface area contributed by atoms with Crippen molar-refractivity contribution in [2.45, 2.75) is 13.5 Å². The third kappa shape index (κ3) is 3.05. The Morgan fingerprint density at radius 3 is 2.78 bits per heavy atom. The van der Waals surface area contributed by atoms with Crippen LogP contribution < -0.4 is 10.5 Å². The van der Waals surface area contributed by atoms with Gasteiger partial charge < -0.3 is 10.5 Å². The van der Waals surface area contributed by atoms with Crippen LogP contribution in [0, 0.1) is 12.7 Å². The number of nitrogens with two attached hydrogens (primary N) is 1. The molecule has 18 heavy (non-hydrogen) atoms. The first-order chi connectivity index (χ1) is 8.58. The molecule has 0 spiro atoms. The minimum Gasteiger partial charge on any atom is -0.439 e. The van der Waals surface area contributed by atoms with Crippen LogP contribution in [0.15, 0.2) is 34.8 Å². The van der Waals surface area contributed by atoms with E-state index in [0.717, 1.165) is 11.3 Å². The van der Waals surface area contributed by atoms with Crippen LogP contribution in [-0.4, -0.2) is 4.98 Å². The molecule has 5 heteroatoms. The highest BCUT2D eigenvalue weighted by Gasteiger charge is 2.05. The summed E-state index contributed by atoms with van der Waals surface area (Å²) in [5.74, 6) is 0.639. The lowest BCUT2D eigenvalue weighted by Gasteiger charge is -2.08. The lowest BCUT2D eigenvalue weighted by molar-refractivity contribution is 0.458. The molecule has 0 radical (unpaired) electrons. The highest BCUT2D eigenvalue weighted by Crippen LogP contribution is 2.26. The fourth-order valence-corrected chi connectivity index (χ4v) is 1.90. The molecule has 0 bridgehead atoms. The van der Waals surface area contributed by atoms with Crippen molar-refractivity contribution in [2.75, 3.05) is 0 Å². The summed E-state index contributed by atoms with van der Waals surface area (Å²) in [6.07, 6.45) is 0. The first-order valence-electron chi connectivity index (χ1n) is 5.39. The maximum atomic E-state index is 13.1. The topological polar surface area (TPSA) is 48.1 Å². The summed E-state index contributed by atoms with van der Waals surface area (Å²) in [6, 6.07) is 8.10. The van der Waals surface area contributed by atoms with E-state index >= 15 is 0 Å². The highest BCUT2D eigenvalue weighted by atomic mass is 79.9. The molecule has 0 unspecified atom stereocenters. The molecule has 2 aromatic rings. The molecule has 2 N–H and O–H groups in total. The zero-order chi connectivity index (χ0) is 13.1. The number of aromatic nitrogens is 1. The Morgan fingerprint density at radius 2 is 2.11 bits per heavy atom. The van der Waals surface area contributed by atoms with E-state index in [1.807, 2.05) is 13.0 Å². The molecule has 1 aromatic heterocycles. The van der Waals surface area contributed by atoms with Crippen LogP contribution in [0.25, 0.3) is 0 Å². The maximum Gasteiger partial charge on any atom is 0.219 e. The van der Waals surface area contributed by atoms with Gasteiger partial charge in [0.25, 0.3) is 0 Å². The zero-order valence-electron chi connectivity index (χ0n) is 9.78. The standard InChI is InChI=1S/C13H12BrFN2O/c1-8-4-9(7-16)5-13(17-8)18-10-2-3-12(15)11(14)6-10/h2-6H,7,16H2,1H3. The van der Waals surface area contributed by atoms with Gasteiger partial charge in [0.1, 0.15) is 11.6 Å². The SMILES string of the molecule is Cc1cc(CN)cc(Oc2ccc(F)c(Br)c2)n1. The summed E-state index contributed by atoms with van der Waals surface area (Å²) in [4.78, 5) is 4.24. The average molecular weight is 311 g/mol. The van der Waals surface area contributed by atoms with E-state index in [0.29, 0.717) is 22.6 Å². The summed E-state index contributed by atoms with van der Waals surface area (Å²) in [5, 5.41) is 0. The van der Waals surface area contributed by atoms with E-state index < -0.39 is 0 Å². The third-order valence-corrected chi connectivity index (χ3v) is 2.95. The number of pyridine rings is 1. The minimum absolute atomic E-state index is 0.331. The zero-order valence-corrected chi connectivity index (χ0v) is 11.4. The van der Waals surface area contributed by atoms with E-state index in [2.05, 4.69) is 20.9 Å². The first kappa shape index (κ1) is 13.0. The van der Waals surface area contributed by atoms with Crippen molar-refractivity contribution in [3.05, 3.63) is 51.9 Å². The van der Waals surface area contributed by atoms with Gasteiger partial charge in [-0.05, 0) is 52.7 Å². The number of nitrogens with zero attached hydrogens (tertiary/aromatic N) is 1. The summed E-state index contributed by atoms with van der Waals surface area (Å²) < 4.78 is 19.0. The summed E-state index contributed by atoms with van der Waals surface area (Å²) in [6.45, 7) is 2.29. The molecule has 1 heterocycles. The number of rotatable bonds is 3. The number of halogens is 2. The molecule has 0 saturated heterocycles. The molecule has 0 aliphatic rings. The molecule has 0 atom stereocenters. The molecule has 94 valence electrons. The van der Waals surface area contributed by atoms with E-state index in [1.54, 1.807) is 18.2 Å². The van der Waals surface area contributed by atoms with Gasteiger partial charge in [0.05, 0.1) is 4.47 Å². The van der Waals surface area contributed by atoms with E-state index in [1.165, 1.54) is 6.07 Å². The van der Waals surface area contributed by atoms with E-state index in [4.69, 9.17) is 10.5 Å². The quantitative estimate of drug-likeness (QED) is 0.943. The predicted octanol–water partition coefficient (Wildman–Crippen LogP) is 3.54. The molecule has 0 amide bonds. The largest absolute Gasteiger partial charge is 0.439 e. The van der Waals surface area contributed by atoms with Gasteiger partial charge in [0.15, 0.2) is 0 Å². The average Bonchev–Trinajstić information content (AvgIpc) is 2.33. The van der Waals surface area contributed by atoms with Gasteiger partial charge in [-0.15, -0.1) is 0 Å². The van der Waals surface area contributed by atoms with Crippen LogP contribution in [0.5, 0.6) is 11.6 Å². The molecular formula is C13H12BrFN2O. The van der Waals surface area contributed by atoms with Crippen LogP contribution in [0.2, 0.25) is 0 Å². The second-order valence-corrected chi connectivity index (χ2v) is 4.69. The minimum atomic E-state index is -0.331. The second kappa shape index (κ2) is 5.46. The van der Waals surface area contributed by atoms with Crippen molar-refractivity contribution < 1.29 is 9.13 Å². The van der Waals surface area contributed by atoms with Crippen LogP contribution in [0.4, 0.5) is 4.39 Å². The summed E-state index contributed by atoms with van der Waals surface area (Å²) in [7, 11) is 0. The van der Waals surface area contributed by atoms with Gasteiger partial charge >= 0.3 is 0 Å². The summed E-state index contributed by atoms with van der Waals surface area (Å²) >= 11 is 3.11. The first-order valence-corrected chi connectivity index (χ1v) is 6.18. The van der Waals surface area contributed by atoms with Crippen molar-refractivity contribution in [3.8, 4) is 11.6 Å². The molecule has 2 rings (SSSR count). The molecule has 3 nitrogen and oxygen atoms in total. The van der Waals surface area contributed by atoms with Crippen LogP contribution in [0.3, 0.4) is 0 Å². The van der Waals surface area contributed by atoms with Crippen molar-refractivity contribution in [3.63, 3.8) is 0 Å². The number of ether oxygens (including phenoxy) is 1. The highest BCUT2D eigenvalue weighted by molar-refractivity contribution is 9.10. The van der Waals surface area contributed by atoms with Gasteiger partial charge in [-0.25, -0.2) is 9.37 Å². The smallest absolute Gasteiger partial charge is 0.219 e. The lowest BCUT2D eigenvalue weighted by atomic mass is 10.2. The Hall–Kier alpha value is -1.46. The van der Waals surface area contributed by atoms with Crippen molar-refractivity contribution in [1.29, 1.82) is 0 Å². The number of hydrogen-bond acceptors (Lipinski definition) is 3. The Morgan fingerprint density at radius 1 is 1.33 bits per heavy atom. The van der Waals surface area contributed by atoms with Crippen molar-refractivity contribution in [2.24, 2.45) is 5.73 Å². The fraction of sp³-hybridized carbons (Fsp3) is 0.154. The molecule has 0 saturated carbocycles. The second-order valence-electron chi connectivity index (χ2n) is 3.84. The van der Waals surface area contributed by atoms with Gasteiger partial charge in [-0.1, -0.05) is 0 Å². The van der Waals surface area contributed by atoms with Gasteiger partial charge in [-0.2, -0.15) is 0 Å². The van der Waals surface area contributed by atoms with Crippen molar-refractivity contribution in [1.82, 2.24) is 4.98 Å². The van der Waals surface area contributed by atoms with E-state index in [-0.39, 0.29) is 5.82 Å². The third-order valence-electron chi connectivity index (χ3n) is 2.34. The van der Waals surface area contributed by atoms with Crippen LogP contribution >= 0.6 is 15.9 Å². The number of benzene rings is 1. The van der Waals surface area contributed by atoms with Gasteiger partial charge in [0, 0.05) is 18.3 Å².